The van der Waals surface area contributed by atoms with Gasteiger partial charge < -0.3 is 9.80 Å². The lowest BCUT2D eigenvalue weighted by atomic mass is 9.85. The minimum atomic E-state index is -0.179. The van der Waals surface area contributed by atoms with E-state index in [0.29, 0.717) is 24.4 Å². The van der Waals surface area contributed by atoms with E-state index in [0.717, 1.165) is 50.8 Å². The van der Waals surface area contributed by atoms with Gasteiger partial charge in [-0.2, -0.15) is 0 Å². The molecule has 30 heavy (non-hydrogen) atoms. The molecule has 1 atom stereocenters. The lowest BCUT2D eigenvalue weighted by Crippen LogP contribution is -2.58. The van der Waals surface area contributed by atoms with Crippen LogP contribution in [-0.4, -0.2) is 46.8 Å². The smallest absolute Gasteiger partial charge is 0.227 e. The molecule has 0 bridgehead atoms. The number of rotatable bonds is 5. The maximum atomic E-state index is 13.1. The molecule has 1 unspecified atom stereocenters. The molecular weight excluding hydrogens is 396 g/mol. The summed E-state index contributed by atoms with van der Waals surface area (Å²) in [6.45, 7) is 2.25. The Morgan fingerprint density at radius 3 is 2.30 bits per heavy atom. The van der Waals surface area contributed by atoms with Gasteiger partial charge in [0.2, 0.25) is 11.8 Å². The Kier molecular flexibility index (Phi) is 6.43. The van der Waals surface area contributed by atoms with E-state index in [1.807, 2.05) is 47.4 Å². The Morgan fingerprint density at radius 2 is 1.57 bits per heavy atom. The molecule has 0 saturated carbocycles. The van der Waals surface area contributed by atoms with Crippen LogP contribution in [0.1, 0.15) is 43.2 Å². The third-order valence-electron chi connectivity index (χ3n) is 6.54. The zero-order valence-corrected chi connectivity index (χ0v) is 18.1. The minimum absolute atomic E-state index is 0.139. The number of aryl methyl sites for hydroxylation is 1. The highest BCUT2D eigenvalue weighted by atomic mass is 35.5. The van der Waals surface area contributed by atoms with Crippen molar-refractivity contribution in [1.29, 1.82) is 0 Å². The van der Waals surface area contributed by atoms with Gasteiger partial charge in [0.05, 0.1) is 12.0 Å². The normalized spacial score (nSPS) is 21.2. The van der Waals surface area contributed by atoms with Crippen LogP contribution in [0.3, 0.4) is 0 Å². The first kappa shape index (κ1) is 20.9. The first-order valence-electron chi connectivity index (χ1n) is 10.9. The predicted molar refractivity (Wildman–Crippen MR) is 119 cm³/mol. The average molecular weight is 425 g/mol. The molecule has 1 spiro atoms. The van der Waals surface area contributed by atoms with E-state index in [2.05, 4.69) is 17.0 Å². The Bertz CT molecular complexity index is 884. The first-order chi connectivity index (χ1) is 14.6. The molecule has 158 valence electrons. The topological polar surface area (TPSA) is 40.6 Å². The van der Waals surface area contributed by atoms with Crippen molar-refractivity contribution >= 4 is 23.4 Å². The van der Waals surface area contributed by atoms with Crippen molar-refractivity contribution in [2.45, 2.75) is 50.5 Å². The molecule has 2 fully saturated rings. The molecule has 2 heterocycles. The van der Waals surface area contributed by atoms with Crippen molar-refractivity contribution in [2.75, 3.05) is 19.6 Å². The fraction of sp³-hybridized carbons (Fsp3) is 0.440. The number of benzene rings is 2. The van der Waals surface area contributed by atoms with Gasteiger partial charge >= 0.3 is 0 Å². The van der Waals surface area contributed by atoms with Crippen LogP contribution < -0.4 is 0 Å². The van der Waals surface area contributed by atoms with Gasteiger partial charge in [-0.3, -0.25) is 9.59 Å². The van der Waals surface area contributed by atoms with E-state index in [-0.39, 0.29) is 17.4 Å². The van der Waals surface area contributed by atoms with Crippen LogP contribution in [0.4, 0.5) is 0 Å². The molecular formula is C25H29ClN2O2. The maximum Gasteiger partial charge on any atom is 0.227 e. The van der Waals surface area contributed by atoms with Crippen molar-refractivity contribution in [3.05, 3.63) is 70.7 Å². The van der Waals surface area contributed by atoms with Crippen molar-refractivity contribution in [3.8, 4) is 0 Å². The number of hydrogen-bond donors (Lipinski definition) is 0. The molecule has 2 aromatic carbocycles. The fourth-order valence-corrected chi connectivity index (χ4v) is 5.12. The number of likely N-dealkylation sites (tertiary alicyclic amines) is 2. The second-order valence-electron chi connectivity index (χ2n) is 8.58. The van der Waals surface area contributed by atoms with Crippen molar-refractivity contribution in [3.63, 3.8) is 0 Å². The number of piperidine rings is 1. The van der Waals surface area contributed by atoms with Crippen LogP contribution in [0, 0.1) is 0 Å². The Labute approximate surface area is 183 Å². The number of carbonyl (C=O) groups is 2. The van der Waals surface area contributed by atoms with E-state index in [1.54, 1.807) is 0 Å². The zero-order chi connectivity index (χ0) is 21.0. The third kappa shape index (κ3) is 4.70. The van der Waals surface area contributed by atoms with E-state index in [4.69, 9.17) is 11.6 Å². The van der Waals surface area contributed by atoms with Crippen LogP contribution in [0.5, 0.6) is 0 Å². The Hall–Kier alpha value is -2.33. The second kappa shape index (κ2) is 9.22. The van der Waals surface area contributed by atoms with Crippen LogP contribution in [0.2, 0.25) is 5.02 Å². The number of nitrogens with zero attached hydrogens (tertiary/aromatic N) is 2. The molecule has 2 aromatic rings. The summed E-state index contributed by atoms with van der Waals surface area (Å²) in [6.07, 6.45) is 5.65. The van der Waals surface area contributed by atoms with Gasteiger partial charge in [-0.15, -0.1) is 0 Å². The second-order valence-corrected chi connectivity index (χ2v) is 9.02. The average Bonchev–Trinajstić information content (AvgIpc) is 3.17. The highest BCUT2D eigenvalue weighted by molar-refractivity contribution is 6.30. The highest BCUT2D eigenvalue weighted by Gasteiger charge is 2.46. The molecule has 2 saturated heterocycles. The molecule has 2 amide bonds. The number of carbonyl (C=O) groups excluding carboxylic acids is 2. The Morgan fingerprint density at radius 1 is 0.867 bits per heavy atom. The standard InChI is InChI=1S/C25H29ClN2O2/c26-22-11-8-21(9-12-22)18-24(30)27-16-4-14-25(19-27)15-5-17-28(25)23(29)13-10-20-6-2-1-3-7-20/h1-3,6-9,11-12H,4-5,10,13-19H2. The lowest BCUT2D eigenvalue weighted by molar-refractivity contribution is -0.143. The summed E-state index contributed by atoms with van der Waals surface area (Å²) >= 11 is 5.96. The van der Waals surface area contributed by atoms with E-state index >= 15 is 0 Å². The zero-order valence-electron chi connectivity index (χ0n) is 17.4. The quantitative estimate of drug-likeness (QED) is 0.709. The molecule has 2 aliphatic heterocycles. The molecule has 0 N–H and O–H groups in total. The molecule has 2 aliphatic rings. The summed E-state index contributed by atoms with van der Waals surface area (Å²) in [7, 11) is 0. The van der Waals surface area contributed by atoms with Gasteiger partial charge in [-0.25, -0.2) is 0 Å². The van der Waals surface area contributed by atoms with Gasteiger partial charge in [-0.05, 0) is 55.4 Å². The maximum absolute atomic E-state index is 13.1. The van der Waals surface area contributed by atoms with Gasteiger partial charge in [0.1, 0.15) is 0 Å². The monoisotopic (exact) mass is 424 g/mol. The summed E-state index contributed by atoms with van der Waals surface area (Å²) in [4.78, 5) is 30.1. The largest absolute Gasteiger partial charge is 0.340 e. The lowest BCUT2D eigenvalue weighted by Gasteiger charge is -2.46. The molecule has 0 radical (unpaired) electrons. The minimum Gasteiger partial charge on any atom is -0.340 e. The van der Waals surface area contributed by atoms with Crippen molar-refractivity contribution < 1.29 is 9.59 Å². The number of amides is 2. The van der Waals surface area contributed by atoms with Gasteiger partial charge in [-0.1, -0.05) is 54.1 Å². The first-order valence-corrected chi connectivity index (χ1v) is 11.3. The van der Waals surface area contributed by atoms with Crippen LogP contribution in [0.25, 0.3) is 0 Å². The third-order valence-corrected chi connectivity index (χ3v) is 6.80. The van der Waals surface area contributed by atoms with Crippen molar-refractivity contribution in [2.24, 2.45) is 0 Å². The molecule has 0 aliphatic carbocycles. The molecule has 4 nitrogen and oxygen atoms in total. The number of hydrogen-bond acceptors (Lipinski definition) is 2. The summed E-state index contributed by atoms with van der Waals surface area (Å²) in [5.41, 5.74) is 2.00. The van der Waals surface area contributed by atoms with E-state index in [9.17, 15) is 9.59 Å². The highest BCUT2D eigenvalue weighted by Crippen LogP contribution is 2.38. The summed E-state index contributed by atoms with van der Waals surface area (Å²) < 4.78 is 0. The van der Waals surface area contributed by atoms with E-state index < -0.39 is 0 Å². The fourth-order valence-electron chi connectivity index (χ4n) is 5.00. The van der Waals surface area contributed by atoms with Crippen LogP contribution >= 0.6 is 11.6 Å². The molecule has 0 aromatic heterocycles. The van der Waals surface area contributed by atoms with E-state index in [1.165, 1.54) is 5.56 Å². The van der Waals surface area contributed by atoms with Gasteiger partial charge in [0.15, 0.2) is 0 Å². The summed E-state index contributed by atoms with van der Waals surface area (Å²) in [6, 6.07) is 17.7. The number of halogens is 1. The van der Waals surface area contributed by atoms with Gasteiger partial charge in [0.25, 0.3) is 0 Å². The van der Waals surface area contributed by atoms with Crippen LogP contribution in [-0.2, 0) is 22.4 Å². The Balaban J connectivity index is 1.40. The molecule has 4 rings (SSSR count). The summed E-state index contributed by atoms with van der Waals surface area (Å²) in [5.74, 6) is 0.364. The van der Waals surface area contributed by atoms with Crippen LogP contribution in [0.15, 0.2) is 54.6 Å². The summed E-state index contributed by atoms with van der Waals surface area (Å²) in [5, 5.41) is 0.679. The van der Waals surface area contributed by atoms with Gasteiger partial charge in [0, 0.05) is 31.1 Å². The SMILES string of the molecule is O=C(Cc1ccc(Cl)cc1)N1CCCC2(CCCN2C(=O)CCc2ccccc2)C1. The predicted octanol–water partition coefficient (Wildman–Crippen LogP) is 4.50. The molecule has 5 heteroatoms. The van der Waals surface area contributed by atoms with Crippen molar-refractivity contribution in [1.82, 2.24) is 9.80 Å².